The van der Waals surface area contributed by atoms with E-state index in [0.717, 1.165) is 12.0 Å². The first-order valence-corrected chi connectivity index (χ1v) is 4.59. The lowest BCUT2D eigenvalue weighted by atomic mass is 9.65. The predicted octanol–water partition coefficient (Wildman–Crippen LogP) is 2.37. The van der Waals surface area contributed by atoms with Crippen LogP contribution in [-0.4, -0.2) is 25.0 Å². The molecule has 66 valence electrons. The summed E-state index contributed by atoms with van der Waals surface area (Å²) in [5.74, 6) is 0.914. The molecular formula is C10H21N. The Balaban J connectivity index is 2.50. The smallest absolute Gasteiger partial charge is 0.0122 e. The van der Waals surface area contributed by atoms with Crippen molar-refractivity contribution in [1.82, 2.24) is 4.90 Å². The third-order valence-corrected chi connectivity index (χ3v) is 3.01. The molecule has 1 aliphatic rings. The Morgan fingerprint density at radius 3 is 1.73 bits per heavy atom. The number of hydrogen-bond donors (Lipinski definition) is 0. The van der Waals surface area contributed by atoms with E-state index in [4.69, 9.17) is 0 Å². The van der Waals surface area contributed by atoms with Crippen LogP contribution < -0.4 is 0 Å². The summed E-state index contributed by atoms with van der Waals surface area (Å²) in [5.41, 5.74) is 0.507. The fraction of sp³-hybridized carbons (Fsp3) is 1.00. The Kier molecular flexibility index (Phi) is 2.29. The zero-order valence-electron chi connectivity index (χ0n) is 8.52. The molecule has 1 rings (SSSR count). The molecule has 0 aromatic carbocycles. The molecule has 0 aliphatic heterocycles. The Morgan fingerprint density at radius 1 is 1.09 bits per heavy atom. The lowest BCUT2D eigenvalue weighted by molar-refractivity contribution is 0.0247. The molecule has 0 spiro atoms. The summed E-state index contributed by atoms with van der Waals surface area (Å²) in [6.07, 6.45) is 2.82. The van der Waals surface area contributed by atoms with Crippen LogP contribution in [0.5, 0.6) is 0 Å². The van der Waals surface area contributed by atoms with Crippen LogP contribution in [0.25, 0.3) is 0 Å². The van der Waals surface area contributed by atoms with Crippen molar-refractivity contribution in [3.63, 3.8) is 0 Å². The monoisotopic (exact) mass is 155 g/mol. The summed E-state index contributed by atoms with van der Waals surface area (Å²) < 4.78 is 0. The molecular weight excluding hydrogens is 134 g/mol. The van der Waals surface area contributed by atoms with E-state index < -0.39 is 0 Å². The molecule has 0 radical (unpaired) electrons. The molecule has 2 unspecified atom stereocenters. The van der Waals surface area contributed by atoms with Crippen molar-refractivity contribution >= 4 is 0 Å². The zero-order chi connectivity index (χ0) is 8.65. The number of nitrogens with zero attached hydrogens (tertiary/aromatic N) is 1. The maximum Gasteiger partial charge on any atom is 0.0122 e. The van der Waals surface area contributed by atoms with Gasteiger partial charge in [0, 0.05) is 6.04 Å². The molecule has 1 heteroatoms. The van der Waals surface area contributed by atoms with Gasteiger partial charge in [-0.3, -0.25) is 0 Å². The van der Waals surface area contributed by atoms with Crippen molar-refractivity contribution in [2.24, 2.45) is 11.3 Å². The van der Waals surface area contributed by atoms with Crippen LogP contribution in [0, 0.1) is 11.3 Å². The van der Waals surface area contributed by atoms with Crippen molar-refractivity contribution < 1.29 is 0 Å². The molecule has 0 amide bonds. The highest BCUT2D eigenvalue weighted by Gasteiger charge is 2.39. The SMILES string of the molecule is CN(C)C1CCC1C(C)(C)C. The molecule has 0 aromatic heterocycles. The Hall–Kier alpha value is -0.0400. The van der Waals surface area contributed by atoms with Gasteiger partial charge in [0.25, 0.3) is 0 Å². The van der Waals surface area contributed by atoms with E-state index in [0.29, 0.717) is 5.41 Å². The third kappa shape index (κ3) is 1.76. The predicted molar refractivity (Wildman–Crippen MR) is 49.7 cm³/mol. The van der Waals surface area contributed by atoms with Crippen molar-refractivity contribution in [2.45, 2.75) is 39.7 Å². The second-order valence-corrected chi connectivity index (χ2v) is 5.08. The van der Waals surface area contributed by atoms with Gasteiger partial charge in [-0.15, -0.1) is 0 Å². The molecule has 0 saturated heterocycles. The lowest BCUT2D eigenvalue weighted by Gasteiger charge is -2.48. The first kappa shape index (κ1) is 9.05. The van der Waals surface area contributed by atoms with E-state index in [1.54, 1.807) is 0 Å². The van der Waals surface area contributed by atoms with Crippen LogP contribution in [0.4, 0.5) is 0 Å². The average molecular weight is 155 g/mol. The van der Waals surface area contributed by atoms with Gasteiger partial charge < -0.3 is 4.90 Å². The molecule has 11 heavy (non-hydrogen) atoms. The van der Waals surface area contributed by atoms with Gasteiger partial charge in [-0.1, -0.05) is 20.8 Å². The first-order chi connectivity index (χ1) is 4.93. The van der Waals surface area contributed by atoms with E-state index in [9.17, 15) is 0 Å². The zero-order valence-corrected chi connectivity index (χ0v) is 8.52. The van der Waals surface area contributed by atoms with E-state index >= 15 is 0 Å². The molecule has 0 N–H and O–H groups in total. The van der Waals surface area contributed by atoms with Gasteiger partial charge in [0.15, 0.2) is 0 Å². The summed E-state index contributed by atoms with van der Waals surface area (Å²) >= 11 is 0. The minimum absolute atomic E-state index is 0.507. The van der Waals surface area contributed by atoms with Crippen LogP contribution in [0.1, 0.15) is 33.6 Å². The van der Waals surface area contributed by atoms with Crippen molar-refractivity contribution in [3.8, 4) is 0 Å². The average Bonchev–Trinajstić information content (AvgIpc) is 1.51. The molecule has 1 nitrogen and oxygen atoms in total. The largest absolute Gasteiger partial charge is 0.306 e. The van der Waals surface area contributed by atoms with E-state index in [-0.39, 0.29) is 0 Å². The van der Waals surface area contributed by atoms with Crippen LogP contribution in [-0.2, 0) is 0 Å². The van der Waals surface area contributed by atoms with Gasteiger partial charge in [0.2, 0.25) is 0 Å². The van der Waals surface area contributed by atoms with E-state index in [1.807, 2.05) is 0 Å². The summed E-state index contributed by atoms with van der Waals surface area (Å²) in [7, 11) is 4.39. The second kappa shape index (κ2) is 2.78. The fourth-order valence-corrected chi connectivity index (χ4v) is 2.11. The lowest BCUT2D eigenvalue weighted by Crippen LogP contribution is -2.48. The van der Waals surface area contributed by atoms with E-state index in [2.05, 4.69) is 39.8 Å². The van der Waals surface area contributed by atoms with Gasteiger partial charge >= 0.3 is 0 Å². The summed E-state index contributed by atoms with van der Waals surface area (Å²) in [6, 6.07) is 0.843. The number of rotatable bonds is 1. The maximum atomic E-state index is 2.37. The molecule has 2 atom stereocenters. The van der Waals surface area contributed by atoms with Crippen molar-refractivity contribution in [1.29, 1.82) is 0 Å². The molecule has 1 aliphatic carbocycles. The highest BCUT2D eigenvalue weighted by Crippen LogP contribution is 2.43. The summed E-state index contributed by atoms with van der Waals surface area (Å²) in [5, 5.41) is 0. The Labute approximate surface area is 70.8 Å². The summed E-state index contributed by atoms with van der Waals surface area (Å²) in [4.78, 5) is 2.37. The third-order valence-electron chi connectivity index (χ3n) is 3.01. The topological polar surface area (TPSA) is 3.24 Å². The fourth-order valence-electron chi connectivity index (χ4n) is 2.11. The quantitative estimate of drug-likeness (QED) is 0.562. The Bertz CT molecular complexity index is 132. The van der Waals surface area contributed by atoms with E-state index in [1.165, 1.54) is 12.8 Å². The standard InChI is InChI=1S/C10H21N/c1-10(2,3)8-6-7-9(8)11(4)5/h8-9H,6-7H2,1-5H3. The molecule has 0 aromatic rings. The summed E-state index contributed by atoms with van der Waals surface area (Å²) in [6.45, 7) is 7.06. The maximum absolute atomic E-state index is 2.37. The first-order valence-electron chi connectivity index (χ1n) is 4.59. The van der Waals surface area contributed by atoms with Crippen LogP contribution in [0.15, 0.2) is 0 Å². The Morgan fingerprint density at radius 2 is 1.64 bits per heavy atom. The minimum Gasteiger partial charge on any atom is -0.306 e. The highest BCUT2D eigenvalue weighted by molar-refractivity contribution is 4.93. The highest BCUT2D eigenvalue weighted by atomic mass is 15.1. The molecule has 0 bridgehead atoms. The van der Waals surface area contributed by atoms with Crippen LogP contribution in [0.3, 0.4) is 0 Å². The van der Waals surface area contributed by atoms with Crippen molar-refractivity contribution in [3.05, 3.63) is 0 Å². The molecule has 1 saturated carbocycles. The normalized spacial score (nSPS) is 32.2. The molecule has 1 fully saturated rings. The number of hydrogen-bond acceptors (Lipinski definition) is 1. The molecule has 0 heterocycles. The second-order valence-electron chi connectivity index (χ2n) is 5.08. The van der Waals surface area contributed by atoms with Gasteiger partial charge in [0.05, 0.1) is 0 Å². The van der Waals surface area contributed by atoms with Gasteiger partial charge in [0.1, 0.15) is 0 Å². The minimum atomic E-state index is 0.507. The van der Waals surface area contributed by atoms with Gasteiger partial charge in [-0.25, -0.2) is 0 Å². The van der Waals surface area contributed by atoms with Crippen LogP contribution in [0.2, 0.25) is 0 Å². The van der Waals surface area contributed by atoms with Gasteiger partial charge in [-0.05, 0) is 38.3 Å². The van der Waals surface area contributed by atoms with Crippen LogP contribution >= 0.6 is 0 Å². The van der Waals surface area contributed by atoms with Gasteiger partial charge in [-0.2, -0.15) is 0 Å². The van der Waals surface area contributed by atoms with Crippen molar-refractivity contribution in [2.75, 3.05) is 14.1 Å².